The molecule has 1 aliphatic rings. The van der Waals surface area contributed by atoms with E-state index in [4.69, 9.17) is 30.6 Å². The van der Waals surface area contributed by atoms with E-state index < -0.39 is 10.2 Å². The van der Waals surface area contributed by atoms with Crippen LogP contribution in [0.25, 0.3) is 0 Å². The third kappa shape index (κ3) is 30.3. The van der Waals surface area contributed by atoms with Gasteiger partial charge in [-0.2, -0.15) is 0 Å². The third-order valence-electron chi connectivity index (χ3n) is 0.771. The van der Waals surface area contributed by atoms with Crippen LogP contribution in [0.15, 0.2) is 19.3 Å². The quantitative estimate of drug-likeness (QED) is 0.479. The van der Waals surface area contributed by atoms with Crippen molar-refractivity contribution in [3.05, 3.63) is 50.0 Å². The zero-order valence-corrected chi connectivity index (χ0v) is 9.92. The molecule has 0 aromatic rings. The summed E-state index contributed by atoms with van der Waals surface area (Å²) in [5.41, 5.74) is 0. The standard InChI is InChI=1S/C5H5.Ce.2NO3/c1-2-4-5-3-1;;2*2-1(3)4/h1-3H,4H2;;;/q;+2;2*-1. The van der Waals surface area contributed by atoms with Gasteiger partial charge in [0.2, 0.25) is 0 Å². The fourth-order valence-corrected chi connectivity index (χ4v) is 1.12. The van der Waals surface area contributed by atoms with Gasteiger partial charge in [0.15, 0.2) is 0 Å². The third-order valence-corrected chi connectivity index (χ3v) is 1.94. The van der Waals surface area contributed by atoms with Crippen LogP contribution in [0.2, 0.25) is 0 Å². The van der Waals surface area contributed by atoms with Crippen molar-refractivity contribution >= 4 is 0 Å². The fraction of sp³-hybridized carbons (Fsp3) is 0.200. The Morgan fingerprint density at radius 1 is 1.14 bits per heavy atom. The van der Waals surface area contributed by atoms with Crippen LogP contribution in [0.1, 0.15) is 6.42 Å². The summed E-state index contributed by atoms with van der Waals surface area (Å²) in [6.45, 7) is 0. The van der Waals surface area contributed by atoms with E-state index >= 15 is 0 Å². The summed E-state index contributed by atoms with van der Waals surface area (Å²) in [5.74, 6) is 0. The normalized spacial score (nSPS) is 11.4. The van der Waals surface area contributed by atoms with Crippen molar-refractivity contribution in [1.82, 2.24) is 0 Å². The van der Waals surface area contributed by atoms with Gasteiger partial charge < -0.3 is 30.6 Å². The van der Waals surface area contributed by atoms with Gasteiger partial charge in [-0.05, 0) is 0 Å². The van der Waals surface area contributed by atoms with Gasteiger partial charge in [-0.15, -0.1) is 0 Å². The molecule has 0 saturated heterocycles. The molecule has 0 unspecified atom stereocenters. The van der Waals surface area contributed by atoms with Crippen LogP contribution in [-0.4, -0.2) is 10.2 Å². The second-order valence-corrected chi connectivity index (χ2v) is 3.79. The summed E-state index contributed by atoms with van der Waals surface area (Å²) in [6.07, 6.45) is 7.75. The van der Waals surface area contributed by atoms with Gasteiger partial charge in [0.05, 0.1) is 10.2 Å². The topological polar surface area (TPSA) is 132 Å². The molecule has 0 aromatic heterocycles. The molecule has 0 N–H and O–H groups in total. The summed E-state index contributed by atoms with van der Waals surface area (Å²) in [5, 5.41) is 29.5. The molecule has 1 rings (SSSR count). The molecule has 75 valence electrons. The molecule has 0 heterocycles. The molecule has 0 amide bonds. The molecule has 1 aliphatic carbocycles. The Hall–Kier alpha value is -0.743. The SMILES string of the molecule is O=[N+]([O-])[O-].O=[N+]([O-])[O-].[Ce+2][C]1=CC=CC1. The maximum atomic E-state index is 8.25. The predicted molar refractivity (Wildman–Crippen MR) is 42.6 cm³/mol. The summed E-state index contributed by atoms with van der Waals surface area (Å²) in [7, 11) is 0. The average Bonchev–Trinajstić information content (AvgIpc) is 2.36. The van der Waals surface area contributed by atoms with Crippen molar-refractivity contribution in [3.63, 3.8) is 0 Å². The first-order chi connectivity index (χ1) is 6.36. The molecule has 14 heavy (non-hydrogen) atoms. The van der Waals surface area contributed by atoms with E-state index in [9.17, 15) is 0 Å². The summed E-state index contributed by atoms with van der Waals surface area (Å²) >= 11 is 1.25. The molecule has 0 bridgehead atoms. The number of rotatable bonds is 0. The van der Waals surface area contributed by atoms with Crippen molar-refractivity contribution in [2.24, 2.45) is 0 Å². The second kappa shape index (κ2) is 10.3. The summed E-state index contributed by atoms with van der Waals surface area (Å²) < 4.78 is 1.61. The van der Waals surface area contributed by atoms with Crippen LogP contribution in [0.4, 0.5) is 0 Å². The Balaban J connectivity index is 0. The second-order valence-electron chi connectivity index (χ2n) is 1.77. The van der Waals surface area contributed by atoms with E-state index in [1.807, 2.05) is 0 Å². The zero-order valence-electron chi connectivity index (χ0n) is 6.78. The minimum absolute atomic E-state index is 1.23. The molecule has 9 heteroatoms. The van der Waals surface area contributed by atoms with E-state index in [1.165, 1.54) is 46.1 Å². The van der Waals surface area contributed by atoms with Crippen molar-refractivity contribution < 1.29 is 49.8 Å². The van der Waals surface area contributed by atoms with Gasteiger partial charge in [-0.3, -0.25) is 0 Å². The van der Waals surface area contributed by atoms with Crippen LogP contribution < -0.4 is 0 Å². The molecule has 0 fully saturated rings. The van der Waals surface area contributed by atoms with Gasteiger partial charge in [-0.25, -0.2) is 0 Å². The first-order valence-electron chi connectivity index (χ1n) is 3.06. The van der Waals surface area contributed by atoms with Crippen molar-refractivity contribution in [2.45, 2.75) is 6.42 Å². The zero-order chi connectivity index (χ0) is 11.6. The van der Waals surface area contributed by atoms with Crippen molar-refractivity contribution in [3.8, 4) is 0 Å². The van der Waals surface area contributed by atoms with E-state index in [0.717, 1.165) is 0 Å². The van der Waals surface area contributed by atoms with Gasteiger partial charge in [0.1, 0.15) is 0 Å². The first kappa shape index (κ1) is 15.7. The first-order valence-corrected chi connectivity index (χ1v) is 4.63. The maximum absolute atomic E-state index is 8.25. The minimum atomic E-state index is -1.75. The Morgan fingerprint density at radius 3 is 1.57 bits per heavy atom. The molecule has 0 spiro atoms. The van der Waals surface area contributed by atoms with Crippen LogP contribution in [0.5, 0.6) is 0 Å². The molecular formula is C5H5CeN2O6. The Bertz CT molecular complexity index is 231. The Kier molecular flexibility index (Phi) is 11.6. The number of nitrogens with zero attached hydrogens (tertiary/aromatic N) is 2. The van der Waals surface area contributed by atoms with Crippen LogP contribution in [0, 0.1) is 70.3 Å². The van der Waals surface area contributed by atoms with Crippen LogP contribution >= 0.6 is 0 Å². The average molecular weight is 329 g/mol. The molecule has 0 atom stereocenters. The number of hydrogen-bond donors (Lipinski definition) is 0. The number of allylic oxidation sites excluding steroid dienone is 4. The fourth-order valence-electron chi connectivity index (χ4n) is 0.447. The molecule has 0 aromatic carbocycles. The van der Waals surface area contributed by atoms with Crippen LogP contribution in [-0.2, 0) is 0 Å². The van der Waals surface area contributed by atoms with Gasteiger partial charge in [0.25, 0.3) is 0 Å². The van der Waals surface area contributed by atoms with Crippen molar-refractivity contribution in [2.75, 3.05) is 0 Å². The molecule has 8 nitrogen and oxygen atoms in total. The van der Waals surface area contributed by atoms with E-state index in [1.54, 1.807) is 1.09 Å². The Labute approximate surface area is 105 Å². The monoisotopic (exact) mass is 329 g/mol. The van der Waals surface area contributed by atoms with Gasteiger partial charge >= 0.3 is 65.4 Å². The van der Waals surface area contributed by atoms with E-state index in [-0.39, 0.29) is 0 Å². The predicted octanol–water partition coefficient (Wildman–Crippen LogP) is 0.901. The molecule has 0 aliphatic heterocycles. The van der Waals surface area contributed by atoms with Gasteiger partial charge in [-0.1, -0.05) is 0 Å². The Morgan fingerprint density at radius 2 is 1.50 bits per heavy atom. The van der Waals surface area contributed by atoms with Crippen molar-refractivity contribution in [1.29, 1.82) is 0 Å². The van der Waals surface area contributed by atoms with Gasteiger partial charge in [0, 0.05) is 0 Å². The molecular weight excluding hydrogens is 324 g/mol. The summed E-state index contributed by atoms with van der Waals surface area (Å²) in [4.78, 5) is 16.5. The van der Waals surface area contributed by atoms with Crippen LogP contribution in [0.3, 0.4) is 0 Å². The molecule has 0 radical (unpaired) electrons. The summed E-state index contributed by atoms with van der Waals surface area (Å²) in [6, 6.07) is 0. The number of hydrogen-bond acceptors (Lipinski definition) is 6. The molecule has 0 saturated carbocycles. The van der Waals surface area contributed by atoms with E-state index in [0.29, 0.717) is 0 Å². The van der Waals surface area contributed by atoms with E-state index in [2.05, 4.69) is 18.2 Å².